The molecule has 0 aromatic heterocycles. The Morgan fingerprint density at radius 1 is 1.38 bits per heavy atom. The molecule has 6 nitrogen and oxygen atoms in total. The van der Waals surface area contributed by atoms with Crippen molar-refractivity contribution < 1.29 is 9.47 Å². The Morgan fingerprint density at radius 2 is 2.14 bits per heavy atom. The second-order valence-electron chi connectivity index (χ2n) is 6.18. The number of nitrogens with two attached hydrogens (primary N) is 1. The summed E-state index contributed by atoms with van der Waals surface area (Å²) >= 11 is 0. The number of hydrogen-bond acceptors (Lipinski definition) is 4. The number of aliphatic imine (C=N–C) groups is 1. The van der Waals surface area contributed by atoms with E-state index in [-0.39, 0.29) is 0 Å². The van der Waals surface area contributed by atoms with Gasteiger partial charge in [-0.05, 0) is 37.6 Å². The van der Waals surface area contributed by atoms with Gasteiger partial charge in [-0.1, -0.05) is 0 Å². The normalized spacial score (nSPS) is 22.2. The minimum atomic E-state index is 0.371. The van der Waals surface area contributed by atoms with Crippen LogP contribution in [0.25, 0.3) is 0 Å². The largest absolute Gasteiger partial charge is 0.385 e. The number of morpholine rings is 1. The van der Waals surface area contributed by atoms with Crippen LogP contribution in [0.2, 0.25) is 0 Å². The van der Waals surface area contributed by atoms with Crippen molar-refractivity contribution in [2.75, 3.05) is 59.7 Å². The summed E-state index contributed by atoms with van der Waals surface area (Å²) in [5, 5.41) is 3.22. The van der Waals surface area contributed by atoms with Crippen LogP contribution in [0.15, 0.2) is 4.99 Å². The molecule has 0 aromatic carbocycles. The van der Waals surface area contributed by atoms with Gasteiger partial charge in [0.05, 0.1) is 13.2 Å². The van der Waals surface area contributed by atoms with Crippen molar-refractivity contribution in [1.82, 2.24) is 10.2 Å². The lowest BCUT2D eigenvalue weighted by Gasteiger charge is -2.26. The van der Waals surface area contributed by atoms with Crippen molar-refractivity contribution >= 4 is 5.96 Å². The van der Waals surface area contributed by atoms with Gasteiger partial charge in [0.25, 0.3) is 0 Å². The fourth-order valence-corrected chi connectivity index (χ4v) is 2.64. The molecular formula is C15H30N4O2. The molecule has 1 aliphatic heterocycles. The van der Waals surface area contributed by atoms with Crippen LogP contribution < -0.4 is 11.1 Å². The molecule has 1 saturated heterocycles. The first kappa shape index (κ1) is 16.5. The van der Waals surface area contributed by atoms with Gasteiger partial charge in [-0.25, -0.2) is 0 Å². The molecule has 0 aromatic rings. The zero-order valence-corrected chi connectivity index (χ0v) is 13.3. The molecule has 1 heterocycles. The van der Waals surface area contributed by atoms with E-state index in [0.29, 0.717) is 11.4 Å². The topological polar surface area (TPSA) is 72.1 Å². The maximum absolute atomic E-state index is 5.93. The van der Waals surface area contributed by atoms with Crippen LogP contribution in [0.1, 0.15) is 25.7 Å². The van der Waals surface area contributed by atoms with E-state index in [1.54, 1.807) is 7.11 Å². The molecule has 0 amide bonds. The van der Waals surface area contributed by atoms with Crippen LogP contribution in [0, 0.1) is 5.41 Å². The molecule has 0 spiro atoms. The third-order valence-corrected chi connectivity index (χ3v) is 4.44. The van der Waals surface area contributed by atoms with E-state index >= 15 is 0 Å². The standard InChI is InChI=1S/C15H30N4O2/c1-20-10-5-15(3-4-15)13-18-14(16)17-6-2-7-19-8-11-21-12-9-19/h2-13H2,1H3,(H3,16,17,18). The Morgan fingerprint density at radius 3 is 2.81 bits per heavy atom. The molecule has 2 rings (SSSR count). The van der Waals surface area contributed by atoms with Crippen LogP contribution in [0.5, 0.6) is 0 Å². The van der Waals surface area contributed by atoms with E-state index in [1.165, 1.54) is 12.8 Å². The fraction of sp³-hybridized carbons (Fsp3) is 0.933. The zero-order chi connectivity index (χ0) is 15.0. The quantitative estimate of drug-likeness (QED) is 0.367. The van der Waals surface area contributed by atoms with Gasteiger partial charge in [-0.2, -0.15) is 0 Å². The summed E-state index contributed by atoms with van der Waals surface area (Å²) in [6, 6.07) is 0. The summed E-state index contributed by atoms with van der Waals surface area (Å²) < 4.78 is 10.5. The summed E-state index contributed by atoms with van der Waals surface area (Å²) in [5.41, 5.74) is 6.30. The number of ether oxygens (including phenoxy) is 2. The highest BCUT2D eigenvalue weighted by atomic mass is 16.5. The van der Waals surface area contributed by atoms with Crippen molar-refractivity contribution in [3.05, 3.63) is 0 Å². The first-order valence-electron chi connectivity index (χ1n) is 8.07. The first-order valence-corrected chi connectivity index (χ1v) is 8.07. The molecule has 0 atom stereocenters. The molecule has 21 heavy (non-hydrogen) atoms. The molecule has 2 aliphatic rings. The third-order valence-electron chi connectivity index (χ3n) is 4.44. The highest BCUT2D eigenvalue weighted by molar-refractivity contribution is 5.77. The Bertz CT molecular complexity index is 326. The summed E-state index contributed by atoms with van der Waals surface area (Å²) in [7, 11) is 1.75. The number of hydrogen-bond donors (Lipinski definition) is 2. The lowest BCUT2D eigenvalue weighted by Crippen LogP contribution is -2.39. The van der Waals surface area contributed by atoms with Crippen LogP contribution in [0.3, 0.4) is 0 Å². The minimum absolute atomic E-state index is 0.371. The molecule has 2 fully saturated rings. The van der Waals surface area contributed by atoms with Gasteiger partial charge in [0.1, 0.15) is 0 Å². The van der Waals surface area contributed by atoms with Crippen LogP contribution in [-0.4, -0.2) is 70.5 Å². The molecule has 0 unspecified atom stereocenters. The Balaban J connectivity index is 1.54. The maximum atomic E-state index is 5.93. The van der Waals surface area contributed by atoms with Crippen LogP contribution in [0.4, 0.5) is 0 Å². The summed E-state index contributed by atoms with van der Waals surface area (Å²) in [6.07, 6.45) is 4.69. The number of nitrogens with zero attached hydrogens (tertiary/aromatic N) is 2. The van der Waals surface area contributed by atoms with Crippen molar-refractivity contribution in [3.8, 4) is 0 Å². The van der Waals surface area contributed by atoms with Gasteiger partial charge in [-0.3, -0.25) is 9.89 Å². The molecule has 1 aliphatic carbocycles. The average Bonchev–Trinajstić information content (AvgIpc) is 3.29. The summed E-state index contributed by atoms with van der Waals surface area (Å²) in [5.74, 6) is 0.584. The van der Waals surface area contributed by atoms with E-state index in [1.807, 2.05) is 0 Å². The van der Waals surface area contributed by atoms with Crippen molar-refractivity contribution in [2.24, 2.45) is 16.1 Å². The monoisotopic (exact) mass is 298 g/mol. The smallest absolute Gasteiger partial charge is 0.188 e. The summed E-state index contributed by atoms with van der Waals surface area (Å²) in [4.78, 5) is 6.92. The van der Waals surface area contributed by atoms with Gasteiger partial charge in [0, 0.05) is 39.9 Å². The predicted octanol–water partition coefficient (Wildman–Crippen LogP) is 0.430. The lowest BCUT2D eigenvalue weighted by molar-refractivity contribution is 0.0376. The summed E-state index contributed by atoms with van der Waals surface area (Å²) in [6.45, 7) is 7.46. The van der Waals surface area contributed by atoms with Gasteiger partial charge >= 0.3 is 0 Å². The number of guanidine groups is 1. The minimum Gasteiger partial charge on any atom is -0.385 e. The van der Waals surface area contributed by atoms with E-state index in [2.05, 4.69) is 15.2 Å². The zero-order valence-electron chi connectivity index (χ0n) is 13.3. The SMILES string of the molecule is COCCC1(CN=C(N)NCCCN2CCOCC2)CC1. The van der Waals surface area contributed by atoms with Gasteiger partial charge < -0.3 is 20.5 Å². The van der Waals surface area contributed by atoms with Gasteiger partial charge in [0.2, 0.25) is 0 Å². The van der Waals surface area contributed by atoms with E-state index < -0.39 is 0 Å². The highest BCUT2D eigenvalue weighted by Crippen LogP contribution is 2.48. The van der Waals surface area contributed by atoms with Gasteiger partial charge in [0.15, 0.2) is 5.96 Å². The molecule has 1 saturated carbocycles. The van der Waals surface area contributed by atoms with E-state index in [9.17, 15) is 0 Å². The Hall–Kier alpha value is -0.850. The molecule has 0 bridgehead atoms. The van der Waals surface area contributed by atoms with Crippen molar-refractivity contribution in [1.29, 1.82) is 0 Å². The second-order valence-corrected chi connectivity index (χ2v) is 6.18. The number of rotatable bonds is 9. The van der Waals surface area contributed by atoms with Crippen molar-refractivity contribution in [2.45, 2.75) is 25.7 Å². The number of methoxy groups -OCH3 is 1. The molecule has 0 radical (unpaired) electrons. The Kier molecular flexibility index (Phi) is 6.73. The second kappa shape index (κ2) is 8.56. The molecule has 122 valence electrons. The van der Waals surface area contributed by atoms with E-state index in [4.69, 9.17) is 15.2 Å². The first-order chi connectivity index (χ1) is 10.2. The maximum Gasteiger partial charge on any atom is 0.188 e. The average molecular weight is 298 g/mol. The predicted molar refractivity (Wildman–Crippen MR) is 84.5 cm³/mol. The third kappa shape index (κ3) is 6.20. The molecular weight excluding hydrogens is 268 g/mol. The van der Waals surface area contributed by atoms with Crippen molar-refractivity contribution in [3.63, 3.8) is 0 Å². The van der Waals surface area contributed by atoms with Crippen LogP contribution >= 0.6 is 0 Å². The highest BCUT2D eigenvalue weighted by Gasteiger charge is 2.41. The van der Waals surface area contributed by atoms with Crippen LogP contribution in [-0.2, 0) is 9.47 Å². The Labute approximate surface area is 128 Å². The lowest BCUT2D eigenvalue weighted by atomic mass is 10.0. The number of nitrogens with one attached hydrogen (secondary N) is 1. The van der Waals surface area contributed by atoms with Gasteiger partial charge in [-0.15, -0.1) is 0 Å². The fourth-order valence-electron chi connectivity index (χ4n) is 2.64. The molecule has 3 N–H and O–H groups in total. The van der Waals surface area contributed by atoms with E-state index in [0.717, 1.165) is 65.4 Å². The molecule has 6 heteroatoms.